The van der Waals surface area contributed by atoms with Gasteiger partial charge in [-0.05, 0) is 114 Å². The van der Waals surface area contributed by atoms with E-state index in [9.17, 15) is 20.4 Å². The highest BCUT2D eigenvalue weighted by atomic mass is 16.3. The third-order valence-electron chi connectivity index (χ3n) is 11.8. The van der Waals surface area contributed by atoms with Gasteiger partial charge in [0, 0.05) is 5.56 Å². The van der Waals surface area contributed by atoms with Crippen LogP contribution in [0, 0.1) is 0 Å². The highest BCUT2D eigenvalue weighted by Crippen LogP contribution is 2.53. The summed E-state index contributed by atoms with van der Waals surface area (Å²) in [5, 5.41) is 45.7. The van der Waals surface area contributed by atoms with Crippen molar-refractivity contribution in [2.24, 2.45) is 0 Å². The van der Waals surface area contributed by atoms with Gasteiger partial charge >= 0.3 is 0 Å². The molecule has 0 aliphatic heterocycles. The Hall–Kier alpha value is -3.92. The van der Waals surface area contributed by atoms with Crippen molar-refractivity contribution in [3.05, 3.63) is 118 Å². The molecule has 246 valence electrons. The lowest BCUT2D eigenvalue weighted by molar-refractivity contribution is 0.412. The van der Waals surface area contributed by atoms with Crippen molar-refractivity contribution in [3.8, 4) is 23.0 Å². The fourth-order valence-electron chi connectivity index (χ4n) is 9.34. The first kappa shape index (κ1) is 31.7. The van der Waals surface area contributed by atoms with E-state index in [0.717, 1.165) is 116 Å². The minimum Gasteiger partial charge on any atom is -0.508 e. The molecule has 0 spiro atoms. The molecule has 0 saturated heterocycles. The van der Waals surface area contributed by atoms with Crippen LogP contribution in [0.4, 0.5) is 0 Å². The molecule has 47 heavy (non-hydrogen) atoms. The molecule has 4 nitrogen and oxygen atoms in total. The minimum absolute atomic E-state index is 0.194. The summed E-state index contributed by atoms with van der Waals surface area (Å²) in [6.45, 7) is 0. The summed E-state index contributed by atoms with van der Waals surface area (Å²) in [5.41, 5.74) is 5.60. The minimum atomic E-state index is -0.976. The number of benzene rings is 4. The first-order valence-electron chi connectivity index (χ1n) is 18.3. The lowest BCUT2D eigenvalue weighted by Gasteiger charge is -2.39. The maximum atomic E-state index is 11.8. The molecule has 7 rings (SSSR count). The molecule has 3 aliphatic carbocycles. The Morgan fingerprint density at radius 2 is 0.723 bits per heavy atom. The summed E-state index contributed by atoms with van der Waals surface area (Å²) in [4.78, 5) is 0. The predicted molar refractivity (Wildman–Crippen MR) is 189 cm³/mol. The molecular formula is C43H50O4. The highest BCUT2D eigenvalue weighted by molar-refractivity contribution is 5.66. The number of para-hydroxylation sites is 1. The molecule has 4 N–H and O–H groups in total. The normalized spacial score (nSPS) is 18.7. The van der Waals surface area contributed by atoms with Gasteiger partial charge in [-0.2, -0.15) is 0 Å². The number of hydrogen-bond acceptors (Lipinski definition) is 4. The first-order valence-corrected chi connectivity index (χ1v) is 18.3. The number of hydrogen-bond donors (Lipinski definition) is 4. The summed E-state index contributed by atoms with van der Waals surface area (Å²) in [5.74, 6) is 2.01. The topological polar surface area (TPSA) is 80.9 Å². The maximum Gasteiger partial charge on any atom is 0.120 e. The quantitative estimate of drug-likeness (QED) is 0.153. The fraction of sp³-hybridized carbons (Fsp3) is 0.442. The van der Waals surface area contributed by atoms with Crippen LogP contribution in [0.2, 0.25) is 0 Å². The Morgan fingerprint density at radius 3 is 1.06 bits per heavy atom. The lowest BCUT2D eigenvalue weighted by Crippen LogP contribution is -2.32. The predicted octanol–water partition coefficient (Wildman–Crippen LogP) is 11.0. The second kappa shape index (κ2) is 13.7. The van der Waals surface area contributed by atoms with Crippen molar-refractivity contribution in [1.29, 1.82) is 0 Å². The van der Waals surface area contributed by atoms with E-state index in [1.165, 1.54) is 19.3 Å². The SMILES string of the molecule is Oc1ccc(C(c2ccc(O)c(C3CCCCC3)c2)(c2ccc(O)c(C3CCCCC3)c2)c2ccccc2O)cc1C1CCCCC1. The van der Waals surface area contributed by atoms with Crippen LogP contribution in [-0.4, -0.2) is 20.4 Å². The molecule has 0 radical (unpaired) electrons. The van der Waals surface area contributed by atoms with Crippen LogP contribution >= 0.6 is 0 Å². The largest absolute Gasteiger partial charge is 0.508 e. The van der Waals surface area contributed by atoms with Gasteiger partial charge in [0.05, 0.1) is 5.41 Å². The third-order valence-corrected chi connectivity index (χ3v) is 11.8. The van der Waals surface area contributed by atoms with Gasteiger partial charge in [-0.25, -0.2) is 0 Å². The van der Waals surface area contributed by atoms with Crippen LogP contribution in [0.25, 0.3) is 0 Å². The Morgan fingerprint density at radius 1 is 0.383 bits per heavy atom. The zero-order chi connectivity index (χ0) is 32.4. The van der Waals surface area contributed by atoms with Crippen molar-refractivity contribution in [2.75, 3.05) is 0 Å². The van der Waals surface area contributed by atoms with Gasteiger partial charge in [-0.15, -0.1) is 0 Å². The van der Waals surface area contributed by atoms with Crippen molar-refractivity contribution in [1.82, 2.24) is 0 Å². The van der Waals surface area contributed by atoms with Crippen LogP contribution in [0.5, 0.6) is 23.0 Å². The van der Waals surface area contributed by atoms with Crippen molar-refractivity contribution < 1.29 is 20.4 Å². The molecule has 0 aromatic heterocycles. The van der Waals surface area contributed by atoms with E-state index in [1.807, 2.05) is 54.6 Å². The molecule has 3 fully saturated rings. The average molecular weight is 631 g/mol. The number of rotatable bonds is 7. The third kappa shape index (κ3) is 6.01. The van der Waals surface area contributed by atoms with Crippen LogP contribution in [0.3, 0.4) is 0 Å². The molecule has 0 amide bonds. The highest BCUT2D eigenvalue weighted by Gasteiger charge is 2.42. The molecule has 3 aliphatic rings. The fourth-order valence-corrected chi connectivity index (χ4v) is 9.34. The van der Waals surface area contributed by atoms with Crippen LogP contribution in [0.1, 0.15) is 153 Å². The number of phenolic OH excluding ortho intramolecular Hbond substituents is 4. The monoisotopic (exact) mass is 630 g/mol. The molecule has 0 heterocycles. The number of phenols is 4. The molecular weight excluding hydrogens is 580 g/mol. The van der Waals surface area contributed by atoms with E-state index in [0.29, 0.717) is 17.2 Å². The molecule has 0 atom stereocenters. The van der Waals surface area contributed by atoms with E-state index < -0.39 is 5.41 Å². The van der Waals surface area contributed by atoms with E-state index in [1.54, 1.807) is 6.07 Å². The zero-order valence-corrected chi connectivity index (χ0v) is 27.6. The van der Waals surface area contributed by atoms with Gasteiger partial charge in [-0.1, -0.05) is 112 Å². The summed E-state index contributed by atoms with van der Waals surface area (Å²) in [6, 6.07) is 25.8. The lowest BCUT2D eigenvalue weighted by atomic mass is 9.63. The molecule has 4 aromatic rings. The van der Waals surface area contributed by atoms with E-state index in [4.69, 9.17) is 0 Å². The van der Waals surface area contributed by atoms with Gasteiger partial charge < -0.3 is 20.4 Å². The molecule has 0 unspecified atom stereocenters. The molecule has 3 saturated carbocycles. The summed E-state index contributed by atoms with van der Waals surface area (Å²) >= 11 is 0. The van der Waals surface area contributed by atoms with Crippen LogP contribution in [-0.2, 0) is 5.41 Å². The van der Waals surface area contributed by atoms with Gasteiger partial charge in [0.2, 0.25) is 0 Å². The second-order valence-electron chi connectivity index (χ2n) is 14.6. The zero-order valence-electron chi connectivity index (χ0n) is 27.6. The van der Waals surface area contributed by atoms with Gasteiger partial charge in [0.1, 0.15) is 23.0 Å². The van der Waals surface area contributed by atoms with E-state index in [2.05, 4.69) is 18.2 Å². The summed E-state index contributed by atoms with van der Waals surface area (Å²) < 4.78 is 0. The summed E-state index contributed by atoms with van der Waals surface area (Å²) in [7, 11) is 0. The van der Waals surface area contributed by atoms with E-state index >= 15 is 0 Å². The van der Waals surface area contributed by atoms with E-state index in [-0.39, 0.29) is 23.5 Å². The first-order chi connectivity index (χ1) is 23.0. The van der Waals surface area contributed by atoms with Gasteiger partial charge in [0.15, 0.2) is 0 Å². The smallest absolute Gasteiger partial charge is 0.120 e. The van der Waals surface area contributed by atoms with Crippen molar-refractivity contribution >= 4 is 0 Å². The van der Waals surface area contributed by atoms with Crippen LogP contribution in [0.15, 0.2) is 78.9 Å². The average Bonchev–Trinajstić information content (AvgIpc) is 3.12. The Labute approximate surface area is 280 Å². The molecule has 0 bridgehead atoms. The van der Waals surface area contributed by atoms with Crippen molar-refractivity contribution in [2.45, 2.75) is 119 Å². The Kier molecular flexibility index (Phi) is 9.21. The number of aromatic hydroxyl groups is 4. The van der Waals surface area contributed by atoms with Gasteiger partial charge in [-0.3, -0.25) is 0 Å². The van der Waals surface area contributed by atoms with Crippen molar-refractivity contribution in [3.63, 3.8) is 0 Å². The van der Waals surface area contributed by atoms with Gasteiger partial charge in [0.25, 0.3) is 0 Å². The standard InChI is InChI=1S/C43H50O4/c44-39-23-20-32(26-35(39)29-12-4-1-5-13-29)43(38-18-10-11-19-42(38)47,33-21-24-40(45)36(27-33)30-14-6-2-7-15-30)34-22-25-41(46)37(28-34)31-16-8-3-9-17-31/h10-11,18-31,44-47H,1-9,12-17H2. The summed E-state index contributed by atoms with van der Waals surface area (Å²) in [6.07, 6.45) is 16.9. The molecule has 4 aromatic carbocycles. The molecule has 4 heteroatoms. The second-order valence-corrected chi connectivity index (χ2v) is 14.6. The van der Waals surface area contributed by atoms with Crippen LogP contribution < -0.4 is 0 Å². The Balaban J connectivity index is 1.54. The maximum absolute atomic E-state index is 11.8. The Bertz CT molecular complexity index is 1530.